The van der Waals surface area contributed by atoms with E-state index in [-0.39, 0.29) is 12.0 Å². The molecule has 68 valence electrons. The van der Waals surface area contributed by atoms with Crippen molar-refractivity contribution < 1.29 is 14.3 Å². The predicted molar refractivity (Wildman–Crippen MR) is 46.9 cm³/mol. The molecule has 0 unspecified atom stereocenters. The zero-order valence-electron chi connectivity index (χ0n) is 6.96. The predicted octanol–water partition coefficient (Wildman–Crippen LogP) is 2.01. The van der Waals surface area contributed by atoms with Gasteiger partial charge in [0.05, 0.1) is 0 Å². The quantitative estimate of drug-likeness (QED) is 0.722. The van der Waals surface area contributed by atoms with Gasteiger partial charge in [0.2, 0.25) is 0 Å². The fourth-order valence-corrected chi connectivity index (χ4v) is 0.947. The van der Waals surface area contributed by atoms with Gasteiger partial charge in [-0.15, -0.1) is 0 Å². The fourth-order valence-electron chi connectivity index (χ4n) is 0.947. The van der Waals surface area contributed by atoms with Crippen molar-refractivity contribution >= 4 is 5.97 Å². The molecule has 1 aromatic rings. The molecule has 0 aromatic heterocycles. The molecule has 0 saturated heterocycles. The maximum absolute atomic E-state index is 13.0. The standard InChI is InChI=1S/C10H9FO2/c1-7(10(12)13)6-8-4-2-3-5-9(8)11/h2-5H,1,6H2,(H,12,13). The molecule has 0 radical (unpaired) electrons. The minimum absolute atomic E-state index is 0.00917. The molecule has 13 heavy (non-hydrogen) atoms. The van der Waals surface area contributed by atoms with E-state index >= 15 is 0 Å². The minimum Gasteiger partial charge on any atom is -0.478 e. The maximum atomic E-state index is 13.0. The Morgan fingerprint density at radius 1 is 1.46 bits per heavy atom. The number of carboxylic acids is 1. The van der Waals surface area contributed by atoms with Crippen LogP contribution in [0, 0.1) is 5.82 Å². The summed E-state index contributed by atoms with van der Waals surface area (Å²) in [5.74, 6) is -1.49. The summed E-state index contributed by atoms with van der Waals surface area (Å²) in [5, 5.41) is 8.51. The largest absolute Gasteiger partial charge is 0.478 e. The van der Waals surface area contributed by atoms with Crippen molar-refractivity contribution in [3.8, 4) is 0 Å². The van der Waals surface area contributed by atoms with Gasteiger partial charge in [-0.3, -0.25) is 0 Å². The van der Waals surface area contributed by atoms with Crippen molar-refractivity contribution in [2.45, 2.75) is 6.42 Å². The summed E-state index contributed by atoms with van der Waals surface area (Å²) in [6.45, 7) is 3.32. The highest BCUT2D eigenvalue weighted by molar-refractivity contribution is 5.86. The second kappa shape index (κ2) is 3.85. The van der Waals surface area contributed by atoms with Gasteiger partial charge in [-0.1, -0.05) is 24.8 Å². The van der Waals surface area contributed by atoms with Crippen molar-refractivity contribution in [1.29, 1.82) is 0 Å². The molecule has 1 aromatic carbocycles. The lowest BCUT2D eigenvalue weighted by molar-refractivity contribution is -0.132. The zero-order chi connectivity index (χ0) is 9.84. The number of hydrogen-bond acceptors (Lipinski definition) is 1. The lowest BCUT2D eigenvalue weighted by atomic mass is 10.1. The monoisotopic (exact) mass is 180 g/mol. The molecule has 0 atom stereocenters. The van der Waals surface area contributed by atoms with Crippen LogP contribution < -0.4 is 0 Å². The highest BCUT2D eigenvalue weighted by Crippen LogP contribution is 2.10. The second-order valence-electron chi connectivity index (χ2n) is 2.68. The first-order chi connectivity index (χ1) is 6.11. The number of halogens is 1. The normalized spacial score (nSPS) is 9.62. The minimum atomic E-state index is -1.09. The van der Waals surface area contributed by atoms with Crippen LogP contribution in [0.4, 0.5) is 4.39 Å². The van der Waals surface area contributed by atoms with E-state index in [9.17, 15) is 9.18 Å². The van der Waals surface area contributed by atoms with E-state index in [1.807, 2.05) is 0 Å². The molecule has 0 heterocycles. The van der Waals surface area contributed by atoms with E-state index < -0.39 is 11.8 Å². The summed E-state index contributed by atoms with van der Waals surface area (Å²) >= 11 is 0. The first-order valence-corrected chi connectivity index (χ1v) is 3.75. The van der Waals surface area contributed by atoms with Crippen LogP contribution in [0.15, 0.2) is 36.4 Å². The van der Waals surface area contributed by atoms with Crippen LogP contribution in [0.3, 0.4) is 0 Å². The molecule has 0 amide bonds. The number of benzene rings is 1. The number of carbonyl (C=O) groups is 1. The number of hydrogen-bond donors (Lipinski definition) is 1. The van der Waals surface area contributed by atoms with Crippen LogP contribution in [0.1, 0.15) is 5.56 Å². The van der Waals surface area contributed by atoms with E-state index in [0.29, 0.717) is 5.56 Å². The Morgan fingerprint density at radius 3 is 2.62 bits per heavy atom. The SMILES string of the molecule is C=C(Cc1ccccc1F)C(=O)O. The summed E-state index contributed by atoms with van der Waals surface area (Å²) < 4.78 is 13.0. The first kappa shape index (κ1) is 9.45. The van der Waals surface area contributed by atoms with Crippen LogP contribution in [-0.4, -0.2) is 11.1 Å². The third-order valence-corrected chi connectivity index (χ3v) is 1.66. The van der Waals surface area contributed by atoms with Gasteiger partial charge in [0.15, 0.2) is 0 Å². The molecule has 3 heteroatoms. The lowest BCUT2D eigenvalue weighted by Crippen LogP contribution is -2.03. The molecule has 0 aliphatic rings. The highest BCUT2D eigenvalue weighted by atomic mass is 19.1. The molecular formula is C10H9FO2. The zero-order valence-corrected chi connectivity index (χ0v) is 6.96. The Labute approximate surface area is 75.3 Å². The van der Waals surface area contributed by atoms with Crippen LogP contribution in [0.25, 0.3) is 0 Å². The van der Waals surface area contributed by atoms with Crippen molar-refractivity contribution in [1.82, 2.24) is 0 Å². The topological polar surface area (TPSA) is 37.3 Å². The average Bonchev–Trinajstić information content (AvgIpc) is 2.08. The molecule has 1 N–H and O–H groups in total. The molecule has 2 nitrogen and oxygen atoms in total. The van der Waals surface area contributed by atoms with Gasteiger partial charge in [0.1, 0.15) is 5.82 Å². The van der Waals surface area contributed by atoms with Gasteiger partial charge >= 0.3 is 5.97 Å². The maximum Gasteiger partial charge on any atom is 0.331 e. The molecule has 0 aliphatic carbocycles. The fraction of sp³-hybridized carbons (Fsp3) is 0.100. The smallest absolute Gasteiger partial charge is 0.331 e. The van der Waals surface area contributed by atoms with Gasteiger partial charge < -0.3 is 5.11 Å². The third kappa shape index (κ3) is 2.40. The number of aliphatic carboxylic acids is 1. The molecule has 0 fully saturated rings. The molecule has 0 aliphatic heterocycles. The third-order valence-electron chi connectivity index (χ3n) is 1.66. The van der Waals surface area contributed by atoms with Crippen LogP contribution >= 0.6 is 0 Å². The van der Waals surface area contributed by atoms with Crippen molar-refractivity contribution in [2.24, 2.45) is 0 Å². The van der Waals surface area contributed by atoms with Crippen LogP contribution in [-0.2, 0) is 11.2 Å². The van der Waals surface area contributed by atoms with E-state index in [1.54, 1.807) is 18.2 Å². The molecule has 1 rings (SSSR count). The number of carboxylic acid groups (broad SMARTS) is 1. The summed E-state index contributed by atoms with van der Waals surface area (Å²) in [7, 11) is 0. The first-order valence-electron chi connectivity index (χ1n) is 3.75. The Balaban J connectivity index is 2.81. The van der Waals surface area contributed by atoms with Crippen molar-refractivity contribution in [3.63, 3.8) is 0 Å². The molecule has 0 bridgehead atoms. The van der Waals surface area contributed by atoms with E-state index in [2.05, 4.69) is 6.58 Å². The van der Waals surface area contributed by atoms with E-state index in [1.165, 1.54) is 6.07 Å². The van der Waals surface area contributed by atoms with E-state index in [4.69, 9.17) is 5.11 Å². The van der Waals surface area contributed by atoms with Gasteiger partial charge in [0, 0.05) is 12.0 Å². The average molecular weight is 180 g/mol. The van der Waals surface area contributed by atoms with Crippen LogP contribution in [0.5, 0.6) is 0 Å². The molecule has 0 spiro atoms. The highest BCUT2D eigenvalue weighted by Gasteiger charge is 2.07. The lowest BCUT2D eigenvalue weighted by Gasteiger charge is -2.01. The summed E-state index contributed by atoms with van der Waals surface area (Å²) in [6.07, 6.45) is 0.0437. The van der Waals surface area contributed by atoms with E-state index in [0.717, 1.165) is 0 Å². The van der Waals surface area contributed by atoms with Crippen molar-refractivity contribution in [3.05, 3.63) is 47.8 Å². The Morgan fingerprint density at radius 2 is 2.08 bits per heavy atom. The number of rotatable bonds is 3. The Bertz CT molecular complexity index is 345. The molecular weight excluding hydrogens is 171 g/mol. The summed E-state index contributed by atoms with van der Waals surface area (Å²) in [5.41, 5.74) is 0.347. The molecule has 0 saturated carbocycles. The van der Waals surface area contributed by atoms with Crippen LogP contribution in [0.2, 0.25) is 0 Å². The van der Waals surface area contributed by atoms with Crippen molar-refractivity contribution in [2.75, 3.05) is 0 Å². The second-order valence-corrected chi connectivity index (χ2v) is 2.68. The van der Waals surface area contributed by atoms with Gasteiger partial charge in [-0.25, -0.2) is 9.18 Å². The Kier molecular flexibility index (Phi) is 2.80. The van der Waals surface area contributed by atoms with Gasteiger partial charge in [-0.05, 0) is 11.6 Å². The Hall–Kier alpha value is -1.64. The summed E-state index contributed by atoms with van der Waals surface area (Å²) in [4.78, 5) is 10.4. The summed E-state index contributed by atoms with van der Waals surface area (Å²) in [6, 6.07) is 6.06. The van der Waals surface area contributed by atoms with Gasteiger partial charge in [-0.2, -0.15) is 0 Å². The van der Waals surface area contributed by atoms with Gasteiger partial charge in [0.25, 0.3) is 0 Å².